The van der Waals surface area contributed by atoms with E-state index in [-0.39, 0.29) is 5.91 Å². The van der Waals surface area contributed by atoms with Crippen LogP contribution in [0.5, 0.6) is 0 Å². The number of hydrogen-bond donors (Lipinski definition) is 1. The Morgan fingerprint density at radius 1 is 1.22 bits per heavy atom. The first-order chi connectivity index (χ1) is 8.79. The summed E-state index contributed by atoms with van der Waals surface area (Å²) in [5.41, 5.74) is 1.96. The van der Waals surface area contributed by atoms with E-state index >= 15 is 0 Å². The Morgan fingerprint density at radius 2 is 2.00 bits per heavy atom. The maximum absolute atomic E-state index is 12.1. The molecule has 1 rings (SSSR count). The molecule has 0 saturated carbocycles. The molecule has 18 heavy (non-hydrogen) atoms. The Labute approximate surface area is 111 Å². The molecule has 2 heteroatoms. The van der Waals surface area contributed by atoms with Crippen LogP contribution in [0.3, 0.4) is 0 Å². The third-order valence-electron chi connectivity index (χ3n) is 3.02. The first-order valence-electron chi connectivity index (χ1n) is 6.95. The van der Waals surface area contributed by atoms with Gasteiger partial charge in [0.1, 0.15) is 0 Å². The minimum atomic E-state index is 0.0609. The number of aryl methyl sites for hydroxylation is 1. The van der Waals surface area contributed by atoms with Gasteiger partial charge in [-0.15, -0.1) is 0 Å². The number of hydrogen-bond acceptors (Lipinski definition) is 1. The van der Waals surface area contributed by atoms with Gasteiger partial charge in [0.25, 0.3) is 5.91 Å². The molecule has 1 amide bonds. The maximum atomic E-state index is 12.1. The van der Waals surface area contributed by atoms with Gasteiger partial charge in [0, 0.05) is 12.1 Å². The van der Waals surface area contributed by atoms with E-state index in [1.807, 2.05) is 24.3 Å². The van der Waals surface area contributed by atoms with Crippen LogP contribution >= 0.6 is 0 Å². The van der Waals surface area contributed by atoms with Crippen molar-refractivity contribution in [3.8, 4) is 0 Å². The van der Waals surface area contributed by atoms with Gasteiger partial charge in [0.15, 0.2) is 0 Å². The quantitative estimate of drug-likeness (QED) is 0.695. The van der Waals surface area contributed by atoms with Gasteiger partial charge in [-0.1, -0.05) is 51.3 Å². The van der Waals surface area contributed by atoms with Crippen LogP contribution < -0.4 is 5.32 Å². The Hall–Kier alpha value is -1.31. The summed E-state index contributed by atoms with van der Waals surface area (Å²) < 4.78 is 0. The Bertz CT molecular complexity index is 360. The number of carbonyl (C=O) groups excluding carboxylic acids is 1. The topological polar surface area (TPSA) is 29.1 Å². The lowest BCUT2D eigenvalue weighted by Gasteiger charge is -2.09. The van der Waals surface area contributed by atoms with Crippen LogP contribution in [0.4, 0.5) is 0 Å². The third kappa shape index (κ3) is 4.91. The van der Waals surface area contributed by atoms with Crippen molar-refractivity contribution in [3.63, 3.8) is 0 Å². The number of rotatable bonds is 8. The number of benzene rings is 1. The normalized spacial score (nSPS) is 10.3. The summed E-state index contributed by atoms with van der Waals surface area (Å²) in [6, 6.07) is 7.87. The summed E-state index contributed by atoms with van der Waals surface area (Å²) >= 11 is 0. The van der Waals surface area contributed by atoms with Crippen LogP contribution in [0.1, 0.15) is 54.9 Å². The molecule has 1 aromatic rings. The lowest BCUT2D eigenvalue weighted by molar-refractivity contribution is 0.0952. The molecule has 0 spiro atoms. The average molecular weight is 246 g/mol. The van der Waals surface area contributed by atoms with Gasteiger partial charge in [-0.3, -0.25) is 4.79 Å². The molecule has 0 saturated heterocycles. The van der Waals surface area contributed by atoms with Crippen molar-refractivity contribution in [2.45, 2.75) is 45.4 Å². The molecule has 0 bridgehead atoms. The first kappa shape index (κ1) is 14.7. The first-order valence-corrected chi connectivity index (χ1v) is 6.95. The molecule has 0 aliphatic carbocycles. The monoisotopic (exact) mass is 246 g/mol. The Balaban J connectivity index is 2.55. The second-order valence-electron chi connectivity index (χ2n) is 4.58. The van der Waals surface area contributed by atoms with Gasteiger partial charge in [-0.2, -0.15) is 0 Å². The lowest BCUT2D eigenvalue weighted by atomic mass is 10.0. The van der Waals surface area contributed by atoms with Crippen molar-refractivity contribution in [1.82, 2.24) is 5.32 Å². The summed E-state index contributed by atoms with van der Waals surface area (Å²) in [6.45, 7) is 6.78. The van der Waals surface area contributed by atoms with Gasteiger partial charge in [0.05, 0.1) is 0 Å². The fourth-order valence-electron chi connectivity index (χ4n) is 1.95. The highest BCUT2D eigenvalue weighted by Crippen LogP contribution is 2.12. The summed E-state index contributed by atoms with van der Waals surface area (Å²) in [5.74, 6) is 0.0609. The van der Waals surface area contributed by atoms with E-state index in [4.69, 9.17) is 0 Å². The van der Waals surface area contributed by atoms with Gasteiger partial charge in [0.2, 0.25) is 0 Å². The van der Waals surface area contributed by atoms with E-state index in [9.17, 15) is 4.79 Å². The molecular weight excluding hydrogens is 222 g/mol. The van der Waals surface area contributed by atoms with Crippen molar-refractivity contribution in [1.29, 1.82) is 0 Å². The average Bonchev–Trinajstić information content (AvgIpc) is 2.41. The molecule has 0 fully saturated rings. The minimum absolute atomic E-state index is 0.0609. The Morgan fingerprint density at radius 3 is 2.72 bits per heavy atom. The molecule has 0 unspecified atom stereocenters. The van der Waals surface area contributed by atoms with Gasteiger partial charge >= 0.3 is 0 Å². The fraction of sp³-hybridized carbons (Fsp3) is 0.500. The predicted molar refractivity (Wildman–Crippen MR) is 76.6 cm³/mol. The lowest BCUT2D eigenvalue weighted by Crippen LogP contribution is -2.25. The number of amides is 1. The van der Waals surface area contributed by atoms with Gasteiger partial charge in [-0.05, 0) is 30.9 Å². The van der Waals surface area contributed by atoms with E-state index in [0.29, 0.717) is 0 Å². The molecule has 99 valence electrons. The highest BCUT2D eigenvalue weighted by atomic mass is 16.1. The predicted octanol–water partition coefficient (Wildman–Crippen LogP) is 3.76. The van der Waals surface area contributed by atoms with Crippen molar-refractivity contribution >= 4 is 5.91 Å². The van der Waals surface area contributed by atoms with Crippen molar-refractivity contribution < 1.29 is 4.79 Å². The highest BCUT2D eigenvalue weighted by molar-refractivity contribution is 5.95. The molecule has 0 aliphatic rings. The molecular formula is C16H24NO. The Kier molecular flexibility index (Phi) is 7.16. The zero-order valence-corrected chi connectivity index (χ0v) is 11.4. The number of carbonyl (C=O) groups is 1. The molecule has 0 aromatic heterocycles. The van der Waals surface area contributed by atoms with Crippen LogP contribution in [0.2, 0.25) is 0 Å². The standard InChI is InChI=1S/C16H24NO/c1-3-5-9-13-17-16(18)15-12-8-7-11-14(15)10-6-4-2/h7-8,11-12H,2-6,9-10,13H2,1H3,(H,17,18). The van der Waals surface area contributed by atoms with Crippen LogP contribution in [0.25, 0.3) is 0 Å². The fourth-order valence-corrected chi connectivity index (χ4v) is 1.95. The third-order valence-corrected chi connectivity index (χ3v) is 3.02. The molecule has 0 atom stereocenters. The van der Waals surface area contributed by atoms with Crippen molar-refractivity contribution in [2.75, 3.05) is 6.54 Å². The zero-order chi connectivity index (χ0) is 13.2. The van der Waals surface area contributed by atoms with Crippen LogP contribution in [0.15, 0.2) is 24.3 Å². The summed E-state index contributed by atoms with van der Waals surface area (Å²) in [4.78, 5) is 12.1. The largest absolute Gasteiger partial charge is 0.352 e. The molecule has 1 aromatic carbocycles. The van der Waals surface area contributed by atoms with Gasteiger partial charge < -0.3 is 5.32 Å². The summed E-state index contributed by atoms with van der Waals surface area (Å²) in [6.07, 6.45) is 6.28. The summed E-state index contributed by atoms with van der Waals surface area (Å²) in [7, 11) is 0. The van der Waals surface area contributed by atoms with E-state index in [0.717, 1.165) is 43.4 Å². The molecule has 1 N–H and O–H groups in total. The smallest absolute Gasteiger partial charge is 0.251 e. The number of unbranched alkanes of at least 4 members (excludes halogenated alkanes) is 3. The van der Waals surface area contributed by atoms with Crippen molar-refractivity contribution in [2.24, 2.45) is 0 Å². The molecule has 0 heterocycles. The van der Waals surface area contributed by atoms with Gasteiger partial charge in [-0.25, -0.2) is 0 Å². The van der Waals surface area contributed by atoms with Crippen LogP contribution in [-0.4, -0.2) is 12.5 Å². The van der Waals surface area contributed by atoms with E-state index in [1.165, 1.54) is 12.8 Å². The van der Waals surface area contributed by atoms with E-state index in [1.54, 1.807) is 0 Å². The summed E-state index contributed by atoms with van der Waals surface area (Å²) in [5, 5.41) is 3.00. The van der Waals surface area contributed by atoms with E-state index < -0.39 is 0 Å². The second kappa shape index (κ2) is 8.73. The van der Waals surface area contributed by atoms with Crippen LogP contribution in [-0.2, 0) is 6.42 Å². The molecule has 1 radical (unpaired) electrons. The highest BCUT2D eigenvalue weighted by Gasteiger charge is 2.09. The molecule has 0 aliphatic heterocycles. The zero-order valence-electron chi connectivity index (χ0n) is 11.4. The van der Waals surface area contributed by atoms with Crippen molar-refractivity contribution in [3.05, 3.63) is 42.3 Å². The second-order valence-corrected chi connectivity index (χ2v) is 4.58. The van der Waals surface area contributed by atoms with E-state index in [2.05, 4.69) is 19.2 Å². The number of nitrogens with one attached hydrogen (secondary N) is 1. The maximum Gasteiger partial charge on any atom is 0.251 e. The minimum Gasteiger partial charge on any atom is -0.352 e. The molecule has 2 nitrogen and oxygen atoms in total. The SMILES string of the molecule is [CH2]CCCc1ccccc1C(=O)NCCCCC. The van der Waals surface area contributed by atoms with Crippen LogP contribution in [0, 0.1) is 6.92 Å².